The highest BCUT2D eigenvalue weighted by Crippen LogP contribution is 2.51. The molecule has 0 saturated heterocycles. The average Bonchev–Trinajstić information content (AvgIpc) is 3.32. The zero-order valence-corrected chi connectivity index (χ0v) is 32.8. The van der Waals surface area contributed by atoms with Gasteiger partial charge in [-0.05, 0) is 137 Å². The van der Waals surface area contributed by atoms with E-state index in [2.05, 4.69) is 218 Å². The molecule has 0 aliphatic rings. The Hall–Kier alpha value is -7.80. The largest absolute Gasteiger partial charge is 0.0622 e. The first-order valence-corrected chi connectivity index (χ1v) is 20.9. The summed E-state index contributed by atoms with van der Waals surface area (Å²) in [6, 6.07) is 81.5. The molecule has 0 amide bonds. The van der Waals surface area contributed by atoms with Crippen LogP contribution in [0.5, 0.6) is 0 Å². The number of rotatable bonds is 4. The van der Waals surface area contributed by atoms with E-state index >= 15 is 0 Å². The van der Waals surface area contributed by atoms with Gasteiger partial charge < -0.3 is 0 Å². The average molecular weight is 757 g/mol. The quantitative estimate of drug-likeness (QED) is 0.124. The fourth-order valence-electron chi connectivity index (χ4n) is 10.7. The first-order chi connectivity index (χ1) is 29.8. The summed E-state index contributed by atoms with van der Waals surface area (Å²) in [6.45, 7) is 0. The standard InChI is InChI=1S/C60H36/c1-3-15-38(16-4-1)55-45-22-9-10-23-46(45)56(39-17-5-2-6-18-39)53-36-43(31-34-51(53)55)57-47-24-11-12-25-48(47)60(59-44-21-8-7-14-37(44)28-35-52(57)59)50-33-30-42-27-26-40-19-13-20-41-29-32-49(50)58(42)54(40)41/h1-36H. The van der Waals surface area contributed by atoms with Crippen molar-refractivity contribution >= 4 is 86.2 Å². The highest BCUT2D eigenvalue weighted by molar-refractivity contribution is 6.33. The van der Waals surface area contributed by atoms with E-state index in [1.165, 1.54) is 131 Å². The molecule has 0 N–H and O–H groups in total. The van der Waals surface area contributed by atoms with E-state index in [4.69, 9.17) is 0 Å². The summed E-state index contributed by atoms with van der Waals surface area (Å²) in [7, 11) is 0. The number of hydrogen-bond donors (Lipinski definition) is 0. The molecule has 0 aliphatic carbocycles. The summed E-state index contributed by atoms with van der Waals surface area (Å²) in [6.07, 6.45) is 0. The Labute approximate surface area is 347 Å². The summed E-state index contributed by atoms with van der Waals surface area (Å²) >= 11 is 0. The second-order valence-electron chi connectivity index (χ2n) is 16.3. The molecule has 13 aromatic carbocycles. The molecule has 276 valence electrons. The van der Waals surface area contributed by atoms with Gasteiger partial charge >= 0.3 is 0 Å². The molecular formula is C60H36. The molecule has 0 radical (unpaired) electrons. The molecule has 0 heteroatoms. The molecule has 0 saturated carbocycles. The van der Waals surface area contributed by atoms with Crippen LogP contribution in [-0.4, -0.2) is 0 Å². The van der Waals surface area contributed by atoms with Gasteiger partial charge in [0.2, 0.25) is 0 Å². The minimum absolute atomic E-state index is 1.22. The fraction of sp³-hybridized carbons (Fsp3) is 0. The van der Waals surface area contributed by atoms with E-state index in [-0.39, 0.29) is 0 Å². The van der Waals surface area contributed by atoms with Crippen LogP contribution in [0.25, 0.3) is 131 Å². The maximum atomic E-state index is 2.49. The minimum atomic E-state index is 1.22. The van der Waals surface area contributed by atoms with Gasteiger partial charge in [-0.2, -0.15) is 0 Å². The van der Waals surface area contributed by atoms with Gasteiger partial charge in [0.1, 0.15) is 0 Å². The van der Waals surface area contributed by atoms with Crippen LogP contribution in [0.4, 0.5) is 0 Å². The predicted molar refractivity (Wildman–Crippen MR) is 259 cm³/mol. The van der Waals surface area contributed by atoms with Crippen molar-refractivity contribution in [2.45, 2.75) is 0 Å². The van der Waals surface area contributed by atoms with Gasteiger partial charge in [-0.3, -0.25) is 0 Å². The van der Waals surface area contributed by atoms with Crippen molar-refractivity contribution in [2.75, 3.05) is 0 Å². The van der Waals surface area contributed by atoms with Crippen molar-refractivity contribution < 1.29 is 0 Å². The van der Waals surface area contributed by atoms with E-state index in [0.29, 0.717) is 0 Å². The summed E-state index contributed by atoms with van der Waals surface area (Å²) in [4.78, 5) is 0. The van der Waals surface area contributed by atoms with E-state index in [0.717, 1.165) is 0 Å². The Morgan fingerprint density at radius 1 is 0.183 bits per heavy atom. The maximum Gasteiger partial charge on any atom is -0.00139 e. The van der Waals surface area contributed by atoms with Crippen molar-refractivity contribution in [3.63, 3.8) is 0 Å². The van der Waals surface area contributed by atoms with Crippen LogP contribution in [0, 0.1) is 0 Å². The summed E-state index contributed by atoms with van der Waals surface area (Å²) in [5, 5.41) is 20.5. The van der Waals surface area contributed by atoms with E-state index < -0.39 is 0 Å². The molecule has 0 aromatic heterocycles. The zero-order valence-electron chi connectivity index (χ0n) is 32.8. The molecule has 13 rings (SSSR count). The van der Waals surface area contributed by atoms with E-state index in [1.54, 1.807) is 0 Å². The van der Waals surface area contributed by atoms with Crippen molar-refractivity contribution in [3.05, 3.63) is 218 Å². The van der Waals surface area contributed by atoms with E-state index in [9.17, 15) is 0 Å². The Bertz CT molecular complexity index is 3840. The highest BCUT2D eigenvalue weighted by atomic mass is 14.3. The van der Waals surface area contributed by atoms with Crippen LogP contribution >= 0.6 is 0 Å². The normalized spacial score (nSPS) is 12.0. The van der Waals surface area contributed by atoms with Gasteiger partial charge in [0, 0.05) is 0 Å². The van der Waals surface area contributed by atoms with Crippen LogP contribution in [0.2, 0.25) is 0 Å². The zero-order chi connectivity index (χ0) is 39.3. The molecule has 0 fully saturated rings. The van der Waals surface area contributed by atoms with Crippen molar-refractivity contribution in [2.24, 2.45) is 0 Å². The molecule has 60 heavy (non-hydrogen) atoms. The number of benzene rings is 13. The minimum Gasteiger partial charge on any atom is -0.0622 e. The molecule has 0 nitrogen and oxygen atoms in total. The second-order valence-corrected chi connectivity index (χ2v) is 16.3. The lowest BCUT2D eigenvalue weighted by Gasteiger charge is -2.22. The highest BCUT2D eigenvalue weighted by Gasteiger charge is 2.23. The van der Waals surface area contributed by atoms with Crippen LogP contribution in [-0.2, 0) is 0 Å². The first kappa shape index (κ1) is 33.2. The molecule has 0 bridgehead atoms. The van der Waals surface area contributed by atoms with Gasteiger partial charge in [0.15, 0.2) is 0 Å². The molecular weight excluding hydrogens is 721 g/mol. The number of hydrogen-bond acceptors (Lipinski definition) is 0. The van der Waals surface area contributed by atoms with Gasteiger partial charge in [-0.25, -0.2) is 0 Å². The topological polar surface area (TPSA) is 0 Å². The van der Waals surface area contributed by atoms with Crippen LogP contribution in [0.15, 0.2) is 218 Å². The van der Waals surface area contributed by atoms with Crippen molar-refractivity contribution in [1.82, 2.24) is 0 Å². The summed E-state index contributed by atoms with van der Waals surface area (Å²) < 4.78 is 0. The predicted octanol–water partition coefficient (Wildman–Crippen LogP) is 17.0. The smallest absolute Gasteiger partial charge is 0.00139 e. The fourth-order valence-corrected chi connectivity index (χ4v) is 10.7. The third-order valence-corrected chi connectivity index (χ3v) is 13.1. The Balaban J connectivity index is 1.19. The van der Waals surface area contributed by atoms with Gasteiger partial charge in [-0.1, -0.05) is 212 Å². The lowest BCUT2D eigenvalue weighted by Crippen LogP contribution is -1.95. The van der Waals surface area contributed by atoms with E-state index in [1.807, 2.05) is 0 Å². The second kappa shape index (κ2) is 12.9. The first-order valence-electron chi connectivity index (χ1n) is 20.9. The monoisotopic (exact) mass is 756 g/mol. The molecule has 0 spiro atoms. The molecule has 0 aliphatic heterocycles. The molecule has 13 aromatic rings. The van der Waals surface area contributed by atoms with Gasteiger partial charge in [0.25, 0.3) is 0 Å². The van der Waals surface area contributed by atoms with Crippen LogP contribution < -0.4 is 0 Å². The molecule has 0 heterocycles. The Morgan fingerprint density at radius 3 is 1.28 bits per heavy atom. The third kappa shape index (κ3) is 4.73. The van der Waals surface area contributed by atoms with Crippen LogP contribution in [0.1, 0.15) is 0 Å². The number of fused-ring (bicyclic) bond motifs is 6. The Kier molecular flexibility index (Phi) is 7.11. The lowest BCUT2D eigenvalue weighted by atomic mass is 9.81. The third-order valence-electron chi connectivity index (χ3n) is 13.1. The SMILES string of the molecule is c1ccc(-c2c3ccccc3c(-c3ccccc3)c3cc(-c4c5ccccc5c(-c5ccc6ccc7cccc8ccc5c6c78)c5c4ccc4ccccc45)ccc23)cc1. The summed E-state index contributed by atoms with van der Waals surface area (Å²) in [5.74, 6) is 0. The van der Waals surface area contributed by atoms with Crippen molar-refractivity contribution in [3.8, 4) is 44.5 Å². The molecule has 0 unspecified atom stereocenters. The van der Waals surface area contributed by atoms with Gasteiger partial charge in [-0.15, -0.1) is 0 Å². The van der Waals surface area contributed by atoms with Crippen LogP contribution in [0.3, 0.4) is 0 Å². The lowest BCUT2D eigenvalue weighted by molar-refractivity contribution is 1.65. The summed E-state index contributed by atoms with van der Waals surface area (Å²) in [5.41, 5.74) is 10.0. The Morgan fingerprint density at radius 2 is 0.617 bits per heavy atom. The van der Waals surface area contributed by atoms with Crippen molar-refractivity contribution in [1.29, 1.82) is 0 Å². The molecule has 0 atom stereocenters. The van der Waals surface area contributed by atoms with Gasteiger partial charge in [0.05, 0.1) is 0 Å². The maximum absolute atomic E-state index is 2.49.